The smallest absolute Gasteiger partial charge is 0.262 e. The average Bonchev–Trinajstić information content (AvgIpc) is 3.28. The summed E-state index contributed by atoms with van der Waals surface area (Å²) in [6, 6.07) is 31.5. The van der Waals surface area contributed by atoms with E-state index in [-0.39, 0.29) is 18.4 Å². The molecule has 5 aromatic rings. The number of nitrogens with zero attached hydrogens (tertiary/aromatic N) is 2. The van der Waals surface area contributed by atoms with E-state index in [4.69, 9.17) is 0 Å². The molecule has 0 N–H and O–H groups in total. The minimum Gasteiger partial charge on any atom is -0.309 e. The molecule has 0 spiro atoms. The highest BCUT2D eigenvalue weighted by molar-refractivity contribution is 6.30. The van der Waals surface area contributed by atoms with Crippen LogP contribution in [0.4, 0.5) is 0 Å². The first-order chi connectivity index (χ1) is 15.2. The Balaban J connectivity index is 1.61. The average molecular weight is 402 g/mol. The predicted molar refractivity (Wildman–Crippen MR) is 121 cm³/mol. The molecule has 4 heteroatoms. The summed E-state index contributed by atoms with van der Waals surface area (Å²) in [6.07, 6.45) is 0. The van der Waals surface area contributed by atoms with Gasteiger partial charge in [0.2, 0.25) is 0 Å². The molecule has 1 aromatic heterocycles. The van der Waals surface area contributed by atoms with Gasteiger partial charge in [-0.1, -0.05) is 66.7 Å². The summed E-state index contributed by atoms with van der Waals surface area (Å²) in [6.45, 7) is 0.270. The maximum absolute atomic E-state index is 13.5. The molecule has 0 unspecified atom stereocenters. The second-order valence-electron chi connectivity index (χ2n) is 7.75. The number of para-hydroxylation sites is 2. The van der Waals surface area contributed by atoms with E-state index in [0.717, 1.165) is 33.1 Å². The molecule has 2 heterocycles. The third-order valence-electron chi connectivity index (χ3n) is 5.97. The van der Waals surface area contributed by atoms with Crippen LogP contribution >= 0.6 is 0 Å². The third kappa shape index (κ3) is 2.55. The zero-order valence-corrected chi connectivity index (χ0v) is 16.7. The van der Waals surface area contributed by atoms with Crippen LogP contribution in [0.1, 0.15) is 26.3 Å². The zero-order chi connectivity index (χ0) is 20.9. The van der Waals surface area contributed by atoms with Crippen molar-refractivity contribution in [2.45, 2.75) is 6.54 Å². The van der Waals surface area contributed by atoms with Crippen molar-refractivity contribution in [3.8, 4) is 5.69 Å². The molecule has 1 aliphatic rings. The van der Waals surface area contributed by atoms with E-state index in [2.05, 4.69) is 10.6 Å². The number of aromatic nitrogens is 1. The monoisotopic (exact) mass is 402 g/mol. The third-order valence-corrected chi connectivity index (χ3v) is 5.97. The SMILES string of the molecule is O=C1c2ccc3c(c2C(=O)N1Cc1ccccc1)c1ccccc1n3-c1ccccc1. The maximum atomic E-state index is 13.5. The van der Waals surface area contributed by atoms with Gasteiger partial charge in [-0.3, -0.25) is 14.5 Å². The lowest BCUT2D eigenvalue weighted by molar-refractivity contribution is 0.0643. The molecule has 0 saturated carbocycles. The van der Waals surface area contributed by atoms with Crippen molar-refractivity contribution in [3.63, 3.8) is 0 Å². The van der Waals surface area contributed by atoms with Gasteiger partial charge in [0.25, 0.3) is 11.8 Å². The van der Waals surface area contributed by atoms with Crippen LogP contribution in [0.2, 0.25) is 0 Å². The van der Waals surface area contributed by atoms with Crippen LogP contribution in [0.5, 0.6) is 0 Å². The topological polar surface area (TPSA) is 42.3 Å². The molecule has 148 valence electrons. The number of rotatable bonds is 3. The highest BCUT2D eigenvalue weighted by atomic mass is 16.2. The van der Waals surface area contributed by atoms with Crippen LogP contribution in [0, 0.1) is 0 Å². The van der Waals surface area contributed by atoms with Gasteiger partial charge in [0.1, 0.15) is 0 Å². The molecule has 31 heavy (non-hydrogen) atoms. The van der Waals surface area contributed by atoms with Crippen molar-refractivity contribution >= 4 is 33.6 Å². The minimum absolute atomic E-state index is 0.231. The molecule has 2 amide bonds. The molecular weight excluding hydrogens is 384 g/mol. The number of hydrogen-bond donors (Lipinski definition) is 0. The van der Waals surface area contributed by atoms with Crippen LogP contribution in [0.15, 0.2) is 97.1 Å². The molecule has 0 bridgehead atoms. The van der Waals surface area contributed by atoms with Crippen molar-refractivity contribution in [1.29, 1.82) is 0 Å². The Morgan fingerprint density at radius 2 is 1.29 bits per heavy atom. The fourth-order valence-corrected chi connectivity index (χ4v) is 4.60. The van der Waals surface area contributed by atoms with E-state index < -0.39 is 0 Å². The molecule has 0 fully saturated rings. The Labute approximate surface area is 178 Å². The Kier molecular flexibility index (Phi) is 3.80. The van der Waals surface area contributed by atoms with Gasteiger partial charge in [-0.25, -0.2) is 0 Å². The molecule has 0 radical (unpaired) electrons. The van der Waals surface area contributed by atoms with Gasteiger partial charge in [0.15, 0.2) is 0 Å². The second kappa shape index (κ2) is 6.67. The van der Waals surface area contributed by atoms with Gasteiger partial charge >= 0.3 is 0 Å². The van der Waals surface area contributed by atoms with E-state index in [9.17, 15) is 9.59 Å². The number of fused-ring (bicyclic) bond motifs is 5. The van der Waals surface area contributed by atoms with Crippen molar-refractivity contribution in [1.82, 2.24) is 9.47 Å². The fraction of sp³-hybridized carbons (Fsp3) is 0.0370. The summed E-state index contributed by atoms with van der Waals surface area (Å²) in [5, 5.41) is 1.81. The van der Waals surface area contributed by atoms with Crippen molar-refractivity contribution in [2.75, 3.05) is 0 Å². The van der Waals surface area contributed by atoms with E-state index in [1.165, 1.54) is 4.90 Å². The highest BCUT2D eigenvalue weighted by Crippen LogP contribution is 2.38. The molecule has 0 atom stereocenters. The molecule has 1 aliphatic heterocycles. The zero-order valence-electron chi connectivity index (χ0n) is 16.7. The van der Waals surface area contributed by atoms with Gasteiger partial charge in [-0.15, -0.1) is 0 Å². The highest BCUT2D eigenvalue weighted by Gasteiger charge is 2.38. The van der Waals surface area contributed by atoms with Crippen LogP contribution in [-0.2, 0) is 6.54 Å². The normalized spacial score (nSPS) is 13.4. The van der Waals surface area contributed by atoms with E-state index in [1.54, 1.807) is 6.07 Å². The lowest BCUT2D eigenvalue weighted by Gasteiger charge is -2.13. The number of imide groups is 1. The number of benzene rings is 4. The van der Waals surface area contributed by atoms with E-state index in [1.807, 2.05) is 84.9 Å². The Bertz CT molecular complexity index is 1480. The van der Waals surface area contributed by atoms with Crippen LogP contribution in [0.3, 0.4) is 0 Å². The number of hydrogen-bond acceptors (Lipinski definition) is 2. The lowest BCUT2D eigenvalue weighted by atomic mass is 10.0. The molecule has 6 rings (SSSR count). The van der Waals surface area contributed by atoms with Crippen LogP contribution in [-0.4, -0.2) is 21.3 Å². The van der Waals surface area contributed by atoms with Crippen molar-refractivity contribution < 1.29 is 9.59 Å². The summed E-state index contributed by atoms with van der Waals surface area (Å²) in [5.74, 6) is -0.465. The van der Waals surface area contributed by atoms with Gasteiger partial charge < -0.3 is 4.57 Å². The summed E-state index contributed by atoms with van der Waals surface area (Å²) in [4.78, 5) is 28.0. The first kappa shape index (κ1) is 17.7. The number of carbonyl (C=O) groups excluding carboxylic acids is 2. The summed E-state index contributed by atoms with van der Waals surface area (Å²) >= 11 is 0. The summed E-state index contributed by atoms with van der Waals surface area (Å²) in [7, 11) is 0. The van der Waals surface area contributed by atoms with E-state index >= 15 is 0 Å². The quantitative estimate of drug-likeness (QED) is 0.370. The Hall–Kier alpha value is -4.18. The Morgan fingerprint density at radius 3 is 2.06 bits per heavy atom. The standard InChI is InChI=1S/C27H18N2O2/c30-26-21-15-16-23-24(25(21)27(31)28(26)17-18-9-3-1-4-10-18)20-13-7-8-14-22(20)29(23)19-11-5-2-6-12-19/h1-16H,17H2. The summed E-state index contributed by atoms with van der Waals surface area (Å²) in [5.41, 5.74) is 4.87. The molecule has 0 aliphatic carbocycles. The van der Waals surface area contributed by atoms with Crippen LogP contribution in [0.25, 0.3) is 27.5 Å². The predicted octanol–water partition coefficient (Wildman–Crippen LogP) is 5.58. The van der Waals surface area contributed by atoms with Crippen LogP contribution < -0.4 is 0 Å². The van der Waals surface area contributed by atoms with Crippen molar-refractivity contribution in [3.05, 3.63) is 114 Å². The molecule has 4 aromatic carbocycles. The first-order valence-corrected chi connectivity index (χ1v) is 10.3. The minimum atomic E-state index is -0.234. The van der Waals surface area contributed by atoms with Gasteiger partial charge in [0.05, 0.1) is 28.7 Å². The van der Waals surface area contributed by atoms with Crippen molar-refractivity contribution in [2.24, 2.45) is 0 Å². The molecule has 0 saturated heterocycles. The maximum Gasteiger partial charge on any atom is 0.262 e. The van der Waals surface area contributed by atoms with Gasteiger partial charge in [0, 0.05) is 16.5 Å². The second-order valence-corrected chi connectivity index (χ2v) is 7.75. The lowest BCUT2D eigenvalue weighted by Crippen LogP contribution is -2.29. The van der Waals surface area contributed by atoms with E-state index in [0.29, 0.717) is 11.1 Å². The fourth-order valence-electron chi connectivity index (χ4n) is 4.60. The van der Waals surface area contributed by atoms with Gasteiger partial charge in [-0.2, -0.15) is 0 Å². The molecule has 4 nitrogen and oxygen atoms in total. The number of amides is 2. The molecular formula is C27H18N2O2. The largest absolute Gasteiger partial charge is 0.309 e. The Morgan fingerprint density at radius 1 is 0.613 bits per heavy atom. The van der Waals surface area contributed by atoms with Gasteiger partial charge in [-0.05, 0) is 35.9 Å². The summed E-state index contributed by atoms with van der Waals surface area (Å²) < 4.78 is 2.16. The first-order valence-electron chi connectivity index (χ1n) is 10.3. The number of carbonyl (C=O) groups is 2.